The van der Waals surface area contributed by atoms with Gasteiger partial charge in [-0.05, 0) is 49.4 Å². The highest BCUT2D eigenvalue weighted by Crippen LogP contribution is 2.26. The molecule has 7 heteroatoms. The third-order valence-corrected chi connectivity index (χ3v) is 5.50. The molecule has 6 nitrogen and oxygen atoms in total. The van der Waals surface area contributed by atoms with Crippen LogP contribution < -0.4 is 10.2 Å². The van der Waals surface area contributed by atoms with Crippen molar-refractivity contribution in [3.63, 3.8) is 0 Å². The number of rotatable bonds is 5. The highest BCUT2D eigenvalue weighted by atomic mass is 35.5. The van der Waals surface area contributed by atoms with Crippen molar-refractivity contribution in [2.45, 2.75) is 32.7 Å². The Balaban J connectivity index is 1.69. The number of carbonyl (C=O) groups is 1. The molecule has 2 aromatic rings. The van der Waals surface area contributed by atoms with E-state index in [2.05, 4.69) is 29.3 Å². The molecule has 2 atom stereocenters. The lowest BCUT2D eigenvalue weighted by Gasteiger charge is -2.33. The first-order valence-corrected chi connectivity index (χ1v) is 9.82. The van der Waals surface area contributed by atoms with Crippen LogP contribution in [0.2, 0.25) is 5.02 Å². The Hall–Kier alpha value is -2.60. The molecule has 0 saturated carbocycles. The Morgan fingerprint density at radius 2 is 2.00 bits per heavy atom. The zero-order chi connectivity index (χ0) is 20.3. The van der Waals surface area contributed by atoms with E-state index < -0.39 is 10.8 Å². The van der Waals surface area contributed by atoms with Gasteiger partial charge in [0.05, 0.1) is 21.6 Å². The topological polar surface area (TPSA) is 75.5 Å². The van der Waals surface area contributed by atoms with Crippen molar-refractivity contribution in [1.29, 1.82) is 0 Å². The van der Waals surface area contributed by atoms with Crippen molar-refractivity contribution >= 4 is 28.9 Å². The average Bonchev–Trinajstić information content (AvgIpc) is 2.68. The van der Waals surface area contributed by atoms with E-state index in [1.165, 1.54) is 36.7 Å². The fourth-order valence-corrected chi connectivity index (χ4v) is 3.76. The van der Waals surface area contributed by atoms with Crippen LogP contribution in [0.5, 0.6) is 0 Å². The molecule has 1 fully saturated rings. The van der Waals surface area contributed by atoms with Crippen LogP contribution in [0.3, 0.4) is 0 Å². The smallest absolute Gasteiger partial charge is 0.270 e. The molecule has 0 unspecified atom stereocenters. The van der Waals surface area contributed by atoms with E-state index in [9.17, 15) is 14.9 Å². The monoisotopic (exact) mass is 401 g/mol. The van der Waals surface area contributed by atoms with Crippen LogP contribution in [-0.4, -0.2) is 23.9 Å². The molecular weight excluding hydrogens is 378 g/mol. The van der Waals surface area contributed by atoms with Gasteiger partial charge >= 0.3 is 0 Å². The van der Waals surface area contributed by atoms with Gasteiger partial charge in [0.25, 0.3) is 11.6 Å². The lowest BCUT2D eigenvalue weighted by molar-refractivity contribution is -0.384. The maximum absolute atomic E-state index is 12.5. The Labute approximate surface area is 169 Å². The first-order valence-electron chi connectivity index (χ1n) is 9.45. The molecule has 0 aliphatic carbocycles. The molecule has 28 heavy (non-hydrogen) atoms. The van der Waals surface area contributed by atoms with E-state index in [-0.39, 0.29) is 22.3 Å². The highest BCUT2D eigenvalue weighted by molar-refractivity contribution is 6.33. The lowest BCUT2D eigenvalue weighted by atomic mass is 9.99. The molecule has 1 heterocycles. The Bertz CT molecular complexity index is 870. The Morgan fingerprint density at radius 1 is 1.29 bits per heavy atom. The summed E-state index contributed by atoms with van der Waals surface area (Å²) in [6.07, 6.45) is 2.48. The third kappa shape index (κ3) is 4.62. The van der Waals surface area contributed by atoms with E-state index >= 15 is 0 Å². The number of amides is 1. The fraction of sp³-hybridized carbons (Fsp3) is 0.381. The minimum atomic E-state index is -0.545. The standard InChI is InChI=1S/C21H24ClN3O3/c1-14-4-3-11-24(13-14)17-7-5-16(6-8-17)15(2)23-21(26)19-12-18(25(27)28)9-10-20(19)22/h5-10,12,14-15H,3-4,11,13H2,1-2H3,(H,23,26)/t14-,15-/m0/s1. The van der Waals surface area contributed by atoms with Crippen LogP contribution in [0.4, 0.5) is 11.4 Å². The number of hydrogen-bond acceptors (Lipinski definition) is 4. The first kappa shape index (κ1) is 20.1. The van der Waals surface area contributed by atoms with Gasteiger partial charge in [0, 0.05) is 30.9 Å². The van der Waals surface area contributed by atoms with Crippen LogP contribution in [0.15, 0.2) is 42.5 Å². The normalized spacial score (nSPS) is 17.8. The molecule has 0 spiro atoms. The molecule has 1 amide bonds. The summed E-state index contributed by atoms with van der Waals surface area (Å²) in [4.78, 5) is 25.3. The van der Waals surface area contributed by atoms with Gasteiger partial charge in [0.15, 0.2) is 0 Å². The van der Waals surface area contributed by atoms with E-state index in [4.69, 9.17) is 11.6 Å². The van der Waals surface area contributed by atoms with Crippen LogP contribution in [0, 0.1) is 16.0 Å². The molecular formula is C21H24ClN3O3. The van der Waals surface area contributed by atoms with Crippen LogP contribution in [0.25, 0.3) is 0 Å². The van der Waals surface area contributed by atoms with Crippen molar-refractivity contribution in [1.82, 2.24) is 5.32 Å². The van der Waals surface area contributed by atoms with Crippen LogP contribution in [-0.2, 0) is 0 Å². The average molecular weight is 402 g/mol. The van der Waals surface area contributed by atoms with Gasteiger partial charge < -0.3 is 10.2 Å². The number of non-ortho nitro benzene ring substituents is 1. The number of benzene rings is 2. The number of nitrogens with one attached hydrogen (secondary N) is 1. The summed E-state index contributed by atoms with van der Waals surface area (Å²) in [5, 5.41) is 14.0. The molecule has 1 aliphatic rings. The minimum Gasteiger partial charge on any atom is -0.371 e. The van der Waals surface area contributed by atoms with Gasteiger partial charge in [0.1, 0.15) is 0 Å². The van der Waals surface area contributed by atoms with E-state index in [0.29, 0.717) is 5.92 Å². The number of anilines is 1. The second-order valence-electron chi connectivity index (χ2n) is 7.40. The summed E-state index contributed by atoms with van der Waals surface area (Å²) < 4.78 is 0. The predicted molar refractivity (Wildman–Crippen MR) is 111 cm³/mol. The van der Waals surface area contributed by atoms with E-state index in [1.54, 1.807) is 0 Å². The zero-order valence-corrected chi connectivity index (χ0v) is 16.8. The second kappa shape index (κ2) is 8.61. The van der Waals surface area contributed by atoms with E-state index in [0.717, 1.165) is 18.7 Å². The van der Waals surface area contributed by atoms with Gasteiger partial charge in [-0.15, -0.1) is 0 Å². The summed E-state index contributed by atoms with van der Waals surface area (Å²) in [7, 11) is 0. The largest absolute Gasteiger partial charge is 0.371 e. The van der Waals surface area contributed by atoms with Crippen molar-refractivity contribution in [3.05, 3.63) is 68.7 Å². The molecule has 3 rings (SSSR count). The molecule has 1 N–H and O–H groups in total. The Kier molecular flexibility index (Phi) is 6.19. The summed E-state index contributed by atoms with van der Waals surface area (Å²) in [6, 6.07) is 11.8. The molecule has 0 bridgehead atoms. The van der Waals surface area contributed by atoms with E-state index in [1.807, 2.05) is 19.1 Å². The molecule has 2 aromatic carbocycles. The maximum Gasteiger partial charge on any atom is 0.270 e. The zero-order valence-electron chi connectivity index (χ0n) is 16.0. The molecule has 1 saturated heterocycles. The van der Waals surface area contributed by atoms with Crippen molar-refractivity contribution < 1.29 is 9.72 Å². The van der Waals surface area contributed by atoms with Crippen LogP contribution >= 0.6 is 11.6 Å². The SMILES string of the molecule is C[C@H]1CCCN(c2ccc([C@H](C)NC(=O)c3cc([N+](=O)[O-])ccc3Cl)cc2)C1. The molecule has 1 aliphatic heterocycles. The third-order valence-electron chi connectivity index (χ3n) is 5.17. The molecule has 0 aromatic heterocycles. The summed E-state index contributed by atoms with van der Waals surface area (Å²) >= 11 is 6.05. The summed E-state index contributed by atoms with van der Waals surface area (Å²) in [6.45, 7) is 6.29. The molecule has 0 radical (unpaired) electrons. The number of piperidine rings is 1. The number of hydrogen-bond donors (Lipinski definition) is 1. The van der Waals surface area contributed by atoms with Crippen molar-refractivity contribution in [2.75, 3.05) is 18.0 Å². The van der Waals surface area contributed by atoms with Gasteiger partial charge in [-0.2, -0.15) is 0 Å². The summed E-state index contributed by atoms with van der Waals surface area (Å²) in [5.74, 6) is 0.265. The van der Waals surface area contributed by atoms with Crippen molar-refractivity contribution in [3.8, 4) is 0 Å². The summed E-state index contributed by atoms with van der Waals surface area (Å²) in [5.41, 5.74) is 2.09. The number of nitro groups is 1. The predicted octanol–water partition coefficient (Wildman–Crippen LogP) is 4.98. The van der Waals surface area contributed by atoms with Gasteiger partial charge in [-0.1, -0.05) is 30.7 Å². The number of carbonyl (C=O) groups excluding carboxylic acids is 1. The van der Waals surface area contributed by atoms with Gasteiger partial charge in [-0.3, -0.25) is 14.9 Å². The second-order valence-corrected chi connectivity index (χ2v) is 7.81. The number of nitrogens with zero attached hydrogens (tertiary/aromatic N) is 2. The minimum absolute atomic E-state index is 0.0987. The van der Waals surface area contributed by atoms with Gasteiger partial charge in [0.2, 0.25) is 0 Å². The fourth-order valence-electron chi connectivity index (χ4n) is 3.56. The van der Waals surface area contributed by atoms with Crippen LogP contribution in [0.1, 0.15) is 48.7 Å². The van der Waals surface area contributed by atoms with Crippen molar-refractivity contribution in [2.24, 2.45) is 5.92 Å². The molecule has 148 valence electrons. The maximum atomic E-state index is 12.5. The Morgan fingerprint density at radius 3 is 2.64 bits per heavy atom. The van der Waals surface area contributed by atoms with Gasteiger partial charge in [-0.25, -0.2) is 0 Å². The highest BCUT2D eigenvalue weighted by Gasteiger charge is 2.19. The quantitative estimate of drug-likeness (QED) is 0.566. The lowest BCUT2D eigenvalue weighted by Crippen LogP contribution is -2.34. The first-order chi connectivity index (χ1) is 13.3. The number of nitro benzene ring substituents is 1. The number of halogens is 1.